The van der Waals surface area contributed by atoms with Crippen molar-refractivity contribution in [3.63, 3.8) is 0 Å². The van der Waals surface area contributed by atoms with Crippen molar-refractivity contribution < 1.29 is 111 Å². The number of aliphatic hydroxyl groups excluding tert-OH is 1. The number of carbonyl (C=O) groups is 13. The Balaban J connectivity index is 0.00000164. The van der Waals surface area contributed by atoms with E-state index in [9.17, 15) is 62.3 Å². The summed E-state index contributed by atoms with van der Waals surface area (Å²) in [5.74, 6) is -0.911. The molecule has 794 valence electrons. The minimum absolute atomic E-state index is 0. The fourth-order valence-electron chi connectivity index (χ4n) is 17.4. The Morgan fingerprint density at radius 1 is 0.453 bits per heavy atom. The number of methoxy groups -OCH3 is 6. The Morgan fingerprint density at radius 2 is 0.791 bits per heavy atom. The molecule has 0 saturated heterocycles. The lowest BCUT2D eigenvalue weighted by molar-refractivity contribution is -0.144. The van der Waals surface area contributed by atoms with E-state index in [1.807, 2.05) is 78.8 Å². The zero-order valence-electron chi connectivity index (χ0n) is 89.7. The van der Waals surface area contributed by atoms with E-state index in [-0.39, 0.29) is 140 Å². The summed E-state index contributed by atoms with van der Waals surface area (Å²) >= 11 is 0. The summed E-state index contributed by atoms with van der Waals surface area (Å²) in [4.78, 5) is 157. The van der Waals surface area contributed by atoms with Gasteiger partial charge < -0.3 is 101 Å². The van der Waals surface area contributed by atoms with Crippen LogP contribution in [0.1, 0.15) is 328 Å². The van der Waals surface area contributed by atoms with E-state index in [0.717, 1.165) is 105 Å². The first-order valence-electron chi connectivity index (χ1n) is 49.0. The van der Waals surface area contributed by atoms with Crippen molar-refractivity contribution in [2.75, 3.05) is 68.9 Å². The normalized spacial score (nSPS) is 18.1. The smallest absolute Gasteiger partial charge is 0.407 e. The molecule has 2 aromatic carbocycles. The van der Waals surface area contributed by atoms with Crippen LogP contribution < -0.4 is 47.5 Å². The number of hydrogen-bond donors (Lipinski definition) is 12. The van der Waals surface area contributed by atoms with Crippen molar-refractivity contribution in [3.8, 4) is 11.5 Å². The highest BCUT2D eigenvalue weighted by Gasteiger charge is 2.37. The van der Waals surface area contributed by atoms with Crippen LogP contribution in [0.25, 0.3) is 21.8 Å². The molecule has 0 spiro atoms. The summed E-state index contributed by atoms with van der Waals surface area (Å²) in [6, 6.07) is 11.7. The molecule has 4 saturated carbocycles. The number of aromatic nitrogens is 2. The minimum Gasteiger partial charge on any atom is -0.496 e. The molecule has 4 aromatic rings. The fourth-order valence-corrected chi connectivity index (χ4v) is 17.4. The molecule has 4 fully saturated rings. The first-order valence-corrected chi connectivity index (χ1v) is 49.0. The molecule has 139 heavy (non-hydrogen) atoms. The van der Waals surface area contributed by atoms with Gasteiger partial charge in [0.2, 0.25) is 0 Å². The number of carbonyl (C=O) groups excluding carboxylic acids is 11. The number of H-pyrrole nitrogens is 2. The number of fused-ring (bicyclic) bond motifs is 2. The van der Waals surface area contributed by atoms with Crippen molar-refractivity contribution in [2.24, 2.45) is 85.4 Å². The Kier molecular flexibility index (Phi) is 58.5. The van der Waals surface area contributed by atoms with Crippen molar-refractivity contribution in [3.05, 3.63) is 59.9 Å². The quantitative estimate of drug-likeness (QED) is 0.0114. The lowest BCUT2D eigenvalue weighted by Gasteiger charge is -2.30. The highest BCUT2D eigenvalue weighted by atomic mass is 35.5. The number of Topliss-reactive ketones (excluding diaryl/α,β-unsaturated/α-hetero) is 4. The van der Waals surface area contributed by atoms with Gasteiger partial charge in [0.25, 0.3) is 5.91 Å². The van der Waals surface area contributed by atoms with E-state index < -0.39 is 53.8 Å². The van der Waals surface area contributed by atoms with Crippen molar-refractivity contribution >= 4 is 111 Å². The van der Waals surface area contributed by atoms with Crippen LogP contribution >= 0.6 is 12.4 Å². The van der Waals surface area contributed by atoms with Crippen molar-refractivity contribution in [1.82, 2.24) is 36.6 Å². The number of hydrogen-bond acceptors (Lipinski definition) is 26. The number of amides is 2. The number of halogens is 1. The maximum atomic E-state index is 13.1. The number of aromatic carboxylic acids is 1. The molecule has 32 nitrogen and oxygen atoms in total. The van der Waals surface area contributed by atoms with Gasteiger partial charge in [0.1, 0.15) is 82.1 Å². The number of nitrogens with one attached hydrogen (secondary N) is 7. The summed E-state index contributed by atoms with van der Waals surface area (Å²) < 4.78 is 35.1. The van der Waals surface area contributed by atoms with Crippen LogP contribution in [0.15, 0.2) is 48.5 Å². The van der Waals surface area contributed by atoms with Crippen LogP contribution in [0.5, 0.6) is 11.5 Å². The average molecular weight is 1980 g/mol. The largest absolute Gasteiger partial charge is 0.496 e. The fraction of sp³-hybridized carbons (Fsp3) is 0.726. The number of ether oxygens (including phenoxy) is 7. The third kappa shape index (κ3) is 55.9. The molecule has 4 aliphatic rings. The molecular formula is C106H180ClN9O23. The molecule has 8 rings (SSSR count). The van der Waals surface area contributed by atoms with Crippen LogP contribution in [0.4, 0.5) is 4.79 Å². The van der Waals surface area contributed by atoms with E-state index in [1.165, 1.54) is 28.4 Å². The van der Waals surface area contributed by atoms with Gasteiger partial charge >= 0.3 is 41.9 Å². The van der Waals surface area contributed by atoms with Gasteiger partial charge in [-0.2, -0.15) is 0 Å². The summed E-state index contributed by atoms with van der Waals surface area (Å²) in [7, 11) is 8.54. The number of rotatable bonds is 36. The maximum absolute atomic E-state index is 13.1. The Morgan fingerprint density at radius 3 is 1.07 bits per heavy atom. The van der Waals surface area contributed by atoms with Crippen molar-refractivity contribution in [1.29, 1.82) is 0 Å². The molecule has 14 N–H and O–H groups in total. The van der Waals surface area contributed by atoms with Gasteiger partial charge in [-0.05, 0) is 211 Å². The SMILES string of the molecule is COC(=O)[C@@H](N)C[C@@H]1CCCC1=O.COC(=O)[C@H](C[C@@H]1CCCC1=O)NC[C@@H](N)CC(C)(C)C.COC(=O)[C@H](C[C@@H]1CCCC1=O)NC[C@H](CC(C)(C)C)NC(=O)OC(C)(C)C.COC(=O)[C@H](C[C@@H]1CCCC1=O)NC[C@H](CC(C)(C)C)NC(=O)c1cc2c(OC)cccc2[nH]1.COc1cccc2[nH]c(C(=O)O)cc12.C[C@@H](CC(C)(C)C)C(=O)O.C[C@H](C=O)CC(C)(C)C.C[C@H](CO)CC(C)(C)C.Cl. The van der Waals surface area contributed by atoms with Crippen LogP contribution in [-0.2, 0) is 71.6 Å². The molecular weight excluding hydrogens is 1800 g/mol. The highest BCUT2D eigenvalue weighted by molar-refractivity contribution is 6.00. The molecule has 14 atom stereocenters. The second kappa shape index (κ2) is 62.5. The number of aldehydes is 1. The highest BCUT2D eigenvalue weighted by Crippen LogP contribution is 2.34. The maximum Gasteiger partial charge on any atom is 0.407 e. The molecule has 2 heterocycles. The number of carboxylic acid groups (broad SMARTS) is 2. The van der Waals surface area contributed by atoms with Crippen LogP contribution in [-0.4, -0.2) is 219 Å². The third-order valence-corrected chi connectivity index (χ3v) is 23.2. The molecule has 0 radical (unpaired) electrons. The van der Waals surface area contributed by atoms with Crippen LogP contribution in [0.3, 0.4) is 0 Å². The Hall–Kier alpha value is -8.92. The van der Waals surface area contributed by atoms with Gasteiger partial charge in [0.05, 0.1) is 48.6 Å². The van der Waals surface area contributed by atoms with Gasteiger partial charge in [-0.1, -0.05) is 158 Å². The van der Waals surface area contributed by atoms with E-state index in [4.69, 9.17) is 55.2 Å². The number of nitrogens with two attached hydrogens (primary N) is 2. The first-order chi connectivity index (χ1) is 63.7. The summed E-state index contributed by atoms with van der Waals surface area (Å²) in [5.41, 5.74) is 14.1. The Bertz CT molecular complexity index is 4420. The second-order valence-electron chi connectivity index (χ2n) is 45.8. The Labute approximate surface area is 835 Å². The van der Waals surface area contributed by atoms with E-state index in [2.05, 4.69) is 152 Å². The molecule has 33 heteroatoms. The summed E-state index contributed by atoms with van der Waals surface area (Å²) in [5, 5.41) is 43.3. The molecule has 0 aliphatic heterocycles. The van der Waals surface area contributed by atoms with Gasteiger partial charge in [0, 0.05) is 121 Å². The molecule has 2 aromatic heterocycles. The predicted molar refractivity (Wildman–Crippen MR) is 548 cm³/mol. The number of carboxylic acids is 2. The monoisotopic (exact) mass is 1980 g/mol. The van der Waals surface area contributed by atoms with Gasteiger partial charge in [0.15, 0.2) is 0 Å². The molecule has 0 unspecified atom stereocenters. The zero-order chi connectivity index (χ0) is 106. The molecule has 0 bridgehead atoms. The number of benzene rings is 2. The molecule has 2 amide bonds. The van der Waals surface area contributed by atoms with Gasteiger partial charge in [-0.3, -0.25) is 47.9 Å². The lowest BCUT2D eigenvalue weighted by atomic mass is 9.85. The van der Waals surface area contributed by atoms with E-state index in [0.29, 0.717) is 124 Å². The topological polar surface area (TPSA) is 491 Å². The second-order valence-corrected chi connectivity index (χ2v) is 45.8. The number of ketones is 4. The lowest BCUT2D eigenvalue weighted by Crippen LogP contribution is -2.50. The number of aliphatic hydroxyl groups is 1. The number of alkyl carbamates (subject to hydrolysis) is 1. The number of aromatic amines is 2. The van der Waals surface area contributed by atoms with Crippen molar-refractivity contribution in [2.45, 2.75) is 355 Å². The summed E-state index contributed by atoms with van der Waals surface area (Å²) in [6.07, 6.45) is 16.9. The zero-order valence-corrected chi connectivity index (χ0v) is 90.5. The van der Waals surface area contributed by atoms with Crippen LogP contribution in [0, 0.1) is 73.9 Å². The number of aliphatic carboxylic acids is 1. The van der Waals surface area contributed by atoms with E-state index in [1.54, 1.807) is 39.3 Å². The molecule has 4 aliphatic carbocycles. The van der Waals surface area contributed by atoms with E-state index >= 15 is 0 Å². The predicted octanol–water partition coefficient (Wildman–Crippen LogP) is 17.4. The summed E-state index contributed by atoms with van der Waals surface area (Å²) in [6.45, 7) is 51.0. The van der Waals surface area contributed by atoms with Gasteiger partial charge in [-0.15, -0.1) is 12.4 Å². The third-order valence-electron chi connectivity index (χ3n) is 23.2. The van der Waals surface area contributed by atoms with Gasteiger partial charge in [-0.25, -0.2) is 9.59 Å². The number of esters is 4. The first kappa shape index (κ1) is 130. The van der Waals surface area contributed by atoms with Crippen LogP contribution in [0.2, 0.25) is 0 Å². The average Bonchev–Trinajstić information content (AvgIpc) is 1.67. The standard InChI is InChI=1S/C26H37N3O5.C21H38N2O5.C16H30N2O3.C10H9NO3.C9H15NO3.C8H16O2.C8H18O.C8H16O.ClH/c1-26(2,3)14-17(15-27-21(25(32)34-5)12-16-8-6-10-22(16)30)28-24(31)20-13-18-19(29-20)9-7-11-23(18)33-4;1-20(2,3)12-15(23-19(26)28-21(4,5)6)13-22-16(18(25)27-7)11-14-9-8-10-17(14)24;1-16(2,3)9-12(17)10-18-13(15(20)21-4)8-11-6-5-7-14(11)19;1-14-9-4-2-3-7-6(9)5-8(11-7)10(12)13;1-13-9(12)7(10)5-6-3-2-4-8(6)11;1-6(7(9)10)5-8(2,3)4;2*1-7(6-9)5-8(2,3)4;/h7,9,11,13,16-17,21,27,29H,6,8,10,12,14-15H2,1-5H3,(H,28,31);14-16,22H,8-13H2,1-7H3,(H,23,26);11-13,18H,5-10,17H2,1-4H3;2-5,11H,1H3,(H,12,13);6-7H,2-5,10H2,1H3;6H,5H2,1-4H3,(H,9,10);7,9H,5-6H2,1-4H3;6-7H,5H2,1-4H3;1H/t16-,17-,21-;14-,15-,16-;11-,12-,13-;;6-,7-;6-;2*7-;/m000.0000./s1. The minimum atomic E-state index is -0.969.